The summed E-state index contributed by atoms with van der Waals surface area (Å²) >= 11 is -2.01. The van der Waals surface area contributed by atoms with Gasteiger partial charge in [0.25, 0.3) is 0 Å². The monoisotopic (exact) mass is 193 g/mol. The number of rotatable bonds is 1. The van der Waals surface area contributed by atoms with E-state index < -0.39 is 11.1 Å². The molecule has 3 nitrogen and oxygen atoms in total. The summed E-state index contributed by atoms with van der Waals surface area (Å²) in [5.74, 6) is 0. The van der Waals surface area contributed by atoms with Crippen LogP contribution in [-0.4, -0.2) is 13.7 Å². The average molecular weight is 193 g/mol. The van der Waals surface area contributed by atoms with Crippen LogP contribution in [0.4, 0.5) is 0 Å². The summed E-state index contributed by atoms with van der Waals surface area (Å²) < 4.78 is 19.8. The first-order valence-corrected chi connectivity index (χ1v) is 4.84. The average Bonchev–Trinajstić information content (AvgIpc) is 2.17. The summed E-state index contributed by atoms with van der Waals surface area (Å²) in [5, 5.41) is 1.87. The zero-order valence-corrected chi connectivity index (χ0v) is 7.49. The Morgan fingerprint density at radius 2 is 2.00 bits per heavy atom. The third-order valence-electron chi connectivity index (χ3n) is 1.80. The molecule has 1 atom stereocenters. The lowest BCUT2D eigenvalue weighted by molar-refractivity contribution is 0.562. The molecule has 4 heteroatoms. The van der Waals surface area contributed by atoms with E-state index in [4.69, 9.17) is 4.55 Å². The second-order valence-electron chi connectivity index (χ2n) is 2.59. The van der Waals surface area contributed by atoms with Crippen molar-refractivity contribution in [2.45, 2.75) is 5.03 Å². The third kappa shape index (κ3) is 1.46. The van der Waals surface area contributed by atoms with Crippen LogP contribution in [0.2, 0.25) is 0 Å². The van der Waals surface area contributed by atoms with Crippen molar-refractivity contribution >= 4 is 21.9 Å². The first kappa shape index (κ1) is 8.34. The van der Waals surface area contributed by atoms with Gasteiger partial charge < -0.3 is 4.55 Å². The van der Waals surface area contributed by atoms with Gasteiger partial charge in [0, 0.05) is 11.6 Å². The molecule has 2 aromatic rings. The van der Waals surface area contributed by atoms with Crippen molar-refractivity contribution in [1.82, 2.24) is 4.98 Å². The molecular formula is C9H7NO2S. The van der Waals surface area contributed by atoms with Crippen LogP contribution in [0.3, 0.4) is 0 Å². The van der Waals surface area contributed by atoms with Crippen LogP contribution in [-0.2, 0) is 11.1 Å². The predicted molar refractivity (Wildman–Crippen MR) is 50.8 cm³/mol. The highest BCUT2D eigenvalue weighted by Crippen LogP contribution is 2.17. The van der Waals surface area contributed by atoms with Gasteiger partial charge in [-0.2, -0.15) is 0 Å². The lowest BCUT2D eigenvalue weighted by atomic mass is 10.2. The first-order valence-electron chi connectivity index (χ1n) is 3.73. The lowest BCUT2D eigenvalue weighted by Gasteiger charge is -1.99. The topological polar surface area (TPSA) is 50.2 Å². The number of benzene rings is 1. The molecule has 0 saturated heterocycles. The molecule has 0 radical (unpaired) electrons. The number of hydrogen-bond donors (Lipinski definition) is 1. The molecule has 1 N–H and O–H groups in total. The van der Waals surface area contributed by atoms with Crippen LogP contribution in [0.25, 0.3) is 10.8 Å². The van der Waals surface area contributed by atoms with Gasteiger partial charge in [0.15, 0.2) is 5.03 Å². The molecule has 0 fully saturated rings. The molecule has 0 aliphatic rings. The van der Waals surface area contributed by atoms with E-state index in [1.807, 2.05) is 24.3 Å². The summed E-state index contributed by atoms with van der Waals surface area (Å²) in [7, 11) is 0. The molecule has 66 valence electrons. The van der Waals surface area contributed by atoms with E-state index in [9.17, 15) is 4.21 Å². The molecule has 0 aliphatic carbocycles. The quantitative estimate of drug-likeness (QED) is 0.703. The zero-order chi connectivity index (χ0) is 9.26. The maximum absolute atomic E-state index is 10.9. The minimum atomic E-state index is -2.01. The number of nitrogens with zero attached hydrogens (tertiary/aromatic N) is 1. The third-order valence-corrected chi connectivity index (χ3v) is 2.46. The van der Waals surface area contributed by atoms with Gasteiger partial charge in [-0.15, -0.1) is 0 Å². The van der Waals surface area contributed by atoms with E-state index in [0.717, 1.165) is 10.8 Å². The van der Waals surface area contributed by atoms with Gasteiger partial charge in [0.1, 0.15) is 0 Å². The Morgan fingerprint density at radius 3 is 2.77 bits per heavy atom. The van der Waals surface area contributed by atoms with Crippen molar-refractivity contribution in [3.63, 3.8) is 0 Å². The van der Waals surface area contributed by atoms with Crippen molar-refractivity contribution in [1.29, 1.82) is 0 Å². The molecule has 1 heterocycles. The van der Waals surface area contributed by atoms with E-state index in [1.54, 1.807) is 6.07 Å². The van der Waals surface area contributed by atoms with Gasteiger partial charge in [-0.1, -0.05) is 24.3 Å². The van der Waals surface area contributed by atoms with Gasteiger partial charge in [0.05, 0.1) is 0 Å². The van der Waals surface area contributed by atoms with Gasteiger partial charge in [0.2, 0.25) is 11.1 Å². The van der Waals surface area contributed by atoms with E-state index in [0.29, 0.717) is 0 Å². The molecule has 0 bridgehead atoms. The number of hydrogen-bond acceptors (Lipinski definition) is 2. The largest absolute Gasteiger partial charge is 0.301 e. The van der Waals surface area contributed by atoms with Crippen LogP contribution in [0.5, 0.6) is 0 Å². The fraction of sp³-hybridized carbons (Fsp3) is 0. The summed E-state index contributed by atoms with van der Waals surface area (Å²) in [6, 6.07) is 9.18. The normalized spacial score (nSPS) is 13.0. The van der Waals surface area contributed by atoms with E-state index in [1.165, 1.54) is 6.20 Å². The maximum Gasteiger partial charge on any atom is 0.206 e. The lowest BCUT2D eigenvalue weighted by Crippen LogP contribution is -1.93. The SMILES string of the molecule is O=S(O)c1nccc2ccccc12. The van der Waals surface area contributed by atoms with Gasteiger partial charge in [-0.05, 0) is 11.5 Å². The van der Waals surface area contributed by atoms with Crippen molar-refractivity contribution in [2.24, 2.45) is 0 Å². The van der Waals surface area contributed by atoms with E-state index in [2.05, 4.69) is 4.98 Å². The van der Waals surface area contributed by atoms with Crippen LogP contribution in [0, 0.1) is 0 Å². The van der Waals surface area contributed by atoms with Crippen molar-refractivity contribution < 1.29 is 8.76 Å². The van der Waals surface area contributed by atoms with Crippen molar-refractivity contribution in [2.75, 3.05) is 0 Å². The Morgan fingerprint density at radius 1 is 1.23 bits per heavy atom. The molecular weight excluding hydrogens is 186 g/mol. The van der Waals surface area contributed by atoms with Crippen LogP contribution in [0.1, 0.15) is 0 Å². The number of pyridine rings is 1. The molecule has 13 heavy (non-hydrogen) atoms. The number of aromatic nitrogens is 1. The second kappa shape index (κ2) is 3.24. The Hall–Kier alpha value is -1.26. The van der Waals surface area contributed by atoms with Crippen LogP contribution >= 0.6 is 0 Å². The highest BCUT2D eigenvalue weighted by molar-refractivity contribution is 7.79. The Balaban J connectivity index is 2.83. The molecule has 0 amide bonds. The molecule has 2 rings (SSSR count). The highest BCUT2D eigenvalue weighted by atomic mass is 32.2. The zero-order valence-electron chi connectivity index (χ0n) is 6.68. The van der Waals surface area contributed by atoms with Crippen LogP contribution in [0.15, 0.2) is 41.6 Å². The van der Waals surface area contributed by atoms with Gasteiger partial charge in [-0.3, -0.25) is 0 Å². The molecule has 1 unspecified atom stereocenters. The summed E-state index contributed by atoms with van der Waals surface area (Å²) in [4.78, 5) is 3.86. The van der Waals surface area contributed by atoms with Gasteiger partial charge >= 0.3 is 0 Å². The van der Waals surface area contributed by atoms with E-state index >= 15 is 0 Å². The smallest absolute Gasteiger partial charge is 0.206 e. The molecule has 0 aliphatic heterocycles. The van der Waals surface area contributed by atoms with E-state index in [-0.39, 0.29) is 5.03 Å². The first-order chi connectivity index (χ1) is 6.29. The Kier molecular flexibility index (Phi) is 2.08. The van der Waals surface area contributed by atoms with Crippen LogP contribution < -0.4 is 0 Å². The summed E-state index contributed by atoms with van der Waals surface area (Å²) in [6.45, 7) is 0. The number of fused-ring (bicyclic) bond motifs is 1. The van der Waals surface area contributed by atoms with Gasteiger partial charge in [-0.25, -0.2) is 9.19 Å². The highest BCUT2D eigenvalue weighted by Gasteiger charge is 2.05. The molecule has 1 aromatic heterocycles. The fourth-order valence-corrected chi connectivity index (χ4v) is 1.76. The Labute approximate surface area is 77.7 Å². The Bertz CT molecular complexity index is 465. The van der Waals surface area contributed by atoms with Crippen molar-refractivity contribution in [3.8, 4) is 0 Å². The molecule has 1 aromatic carbocycles. The predicted octanol–water partition coefficient (Wildman–Crippen LogP) is 1.82. The minimum Gasteiger partial charge on any atom is -0.301 e. The standard InChI is InChI=1S/C9H7NO2S/c11-13(12)9-8-4-2-1-3-7(8)5-6-10-9/h1-6H,(H,11,12). The maximum atomic E-state index is 10.9. The van der Waals surface area contributed by atoms with Crippen molar-refractivity contribution in [3.05, 3.63) is 36.5 Å². The summed E-state index contributed by atoms with van der Waals surface area (Å²) in [6.07, 6.45) is 1.53. The fourth-order valence-electron chi connectivity index (χ4n) is 1.23. The molecule has 0 saturated carbocycles. The second-order valence-corrected chi connectivity index (χ2v) is 3.47. The minimum absolute atomic E-state index is 0.220. The summed E-state index contributed by atoms with van der Waals surface area (Å²) in [5.41, 5.74) is 0. The molecule has 0 spiro atoms.